The van der Waals surface area contributed by atoms with Crippen molar-refractivity contribution in [3.05, 3.63) is 109 Å². The van der Waals surface area contributed by atoms with Gasteiger partial charge < -0.3 is 10.2 Å². The van der Waals surface area contributed by atoms with Crippen LogP contribution in [-0.4, -0.2) is 37.1 Å². The number of carbonyl (C=O) groups excluding carboxylic acids is 1. The van der Waals surface area contributed by atoms with Gasteiger partial charge in [0.05, 0.1) is 5.69 Å². The summed E-state index contributed by atoms with van der Waals surface area (Å²) in [5.74, 6) is 0.774. The van der Waals surface area contributed by atoms with Crippen molar-refractivity contribution >= 4 is 28.2 Å². The Kier molecular flexibility index (Phi) is 7.94. The molecule has 2 amide bonds. The first-order valence-corrected chi connectivity index (χ1v) is 13.1. The summed E-state index contributed by atoms with van der Waals surface area (Å²) in [5, 5.41) is 5.35. The van der Waals surface area contributed by atoms with Crippen LogP contribution in [0, 0.1) is 5.92 Å². The Hall–Kier alpha value is -3.63. The van der Waals surface area contributed by atoms with E-state index >= 15 is 0 Å². The number of fused-ring (bicyclic) bond motifs is 1. The number of nitrogens with one attached hydrogen (secondary N) is 1. The summed E-state index contributed by atoms with van der Waals surface area (Å²) in [6, 6.07) is 35.0. The number of hydrogen-bond acceptors (Lipinski definition) is 2. The molecule has 0 spiro atoms. The molecule has 4 nitrogen and oxygen atoms in total. The lowest BCUT2D eigenvalue weighted by atomic mass is 9.90. The average Bonchev–Trinajstić information content (AvgIpc) is 2.93. The maximum absolute atomic E-state index is 13.5. The fourth-order valence-electron chi connectivity index (χ4n) is 5.29. The summed E-state index contributed by atoms with van der Waals surface area (Å²) in [4.78, 5) is 17.9. The van der Waals surface area contributed by atoms with Gasteiger partial charge in [-0.15, -0.1) is 0 Å². The van der Waals surface area contributed by atoms with Crippen molar-refractivity contribution in [2.45, 2.75) is 25.7 Å². The van der Waals surface area contributed by atoms with Gasteiger partial charge in [-0.3, -0.25) is 4.90 Å². The fraction of sp³-hybridized carbons (Fsp3) is 0.281. The highest BCUT2D eigenvalue weighted by Gasteiger charge is 2.21. The largest absolute Gasteiger partial charge is 0.326 e. The van der Waals surface area contributed by atoms with E-state index in [1.54, 1.807) is 0 Å². The first-order valence-electron chi connectivity index (χ1n) is 13.1. The number of likely N-dealkylation sites (tertiary alicyclic amines) is 1. The Morgan fingerprint density at radius 1 is 0.806 bits per heavy atom. The summed E-state index contributed by atoms with van der Waals surface area (Å²) < 4.78 is 0. The molecule has 0 aromatic heterocycles. The van der Waals surface area contributed by atoms with Crippen LogP contribution in [0.4, 0.5) is 16.2 Å². The average molecular weight is 478 g/mol. The zero-order chi connectivity index (χ0) is 24.6. The molecule has 0 saturated carbocycles. The predicted octanol–water partition coefficient (Wildman–Crippen LogP) is 7.22. The third-order valence-corrected chi connectivity index (χ3v) is 7.27. The van der Waals surface area contributed by atoms with E-state index in [1.807, 2.05) is 59.5 Å². The third-order valence-electron chi connectivity index (χ3n) is 7.27. The van der Waals surface area contributed by atoms with Gasteiger partial charge in [-0.1, -0.05) is 84.9 Å². The van der Waals surface area contributed by atoms with Crippen LogP contribution >= 0.6 is 0 Å². The van der Waals surface area contributed by atoms with E-state index in [0.717, 1.165) is 54.1 Å². The smallest absolute Gasteiger partial charge is 0.307 e. The minimum atomic E-state index is -0.0841. The molecule has 4 heteroatoms. The topological polar surface area (TPSA) is 35.6 Å². The molecule has 5 rings (SSSR count). The minimum Gasteiger partial charge on any atom is -0.307 e. The molecular formula is C32H35N3O. The van der Waals surface area contributed by atoms with Gasteiger partial charge in [0.25, 0.3) is 0 Å². The molecule has 1 heterocycles. The molecule has 36 heavy (non-hydrogen) atoms. The normalized spacial score (nSPS) is 14.6. The molecule has 1 aliphatic heterocycles. The first kappa shape index (κ1) is 24.1. The van der Waals surface area contributed by atoms with Crippen molar-refractivity contribution in [2.75, 3.05) is 36.4 Å². The van der Waals surface area contributed by atoms with E-state index < -0.39 is 0 Å². The second-order valence-corrected chi connectivity index (χ2v) is 9.77. The van der Waals surface area contributed by atoms with Gasteiger partial charge >= 0.3 is 6.03 Å². The fourth-order valence-corrected chi connectivity index (χ4v) is 5.29. The molecule has 0 radical (unpaired) electrons. The second kappa shape index (κ2) is 11.9. The maximum Gasteiger partial charge on any atom is 0.326 e. The van der Waals surface area contributed by atoms with E-state index in [9.17, 15) is 4.79 Å². The van der Waals surface area contributed by atoms with Crippen LogP contribution < -0.4 is 10.2 Å². The van der Waals surface area contributed by atoms with Gasteiger partial charge in [-0.2, -0.15) is 0 Å². The van der Waals surface area contributed by atoms with Crippen LogP contribution in [0.25, 0.3) is 10.8 Å². The third kappa shape index (κ3) is 6.13. The van der Waals surface area contributed by atoms with Crippen molar-refractivity contribution in [1.29, 1.82) is 0 Å². The Balaban J connectivity index is 1.17. The molecule has 0 bridgehead atoms. The number of urea groups is 1. The maximum atomic E-state index is 13.5. The second-order valence-electron chi connectivity index (χ2n) is 9.77. The first-order chi connectivity index (χ1) is 17.8. The zero-order valence-electron chi connectivity index (χ0n) is 20.9. The number of carbonyl (C=O) groups is 1. The number of amides is 2. The Morgan fingerprint density at radius 3 is 2.25 bits per heavy atom. The van der Waals surface area contributed by atoms with Crippen LogP contribution in [0.3, 0.4) is 0 Å². The van der Waals surface area contributed by atoms with Gasteiger partial charge in [0.15, 0.2) is 0 Å². The number of anilines is 2. The molecule has 0 atom stereocenters. The van der Waals surface area contributed by atoms with Crippen molar-refractivity contribution in [1.82, 2.24) is 4.90 Å². The minimum absolute atomic E-state index is 0.0841. The van der Waals surface area contributed by atoms with E-state index in [0.29, 0.717) is 6.54 Å². The van der Waals surface area contributed by atoms with Gasteiger partial charge in [0.2, 0.25) is 0 Å². The van der Waals surface area contributed by atoms with Crippen molar-refractivity contribution in [3.8, 4) is 0 Å². The SMILES string of the molecule is O=C(Nc1cccc2ccccc12)N(CCCN1CCC(Cc2ccccc2)CC1)c1ccccc1. The number of piperidine rings is 1. The lowest BCUT2D eigenvalue weighted by Crippen LogP contribution is -2.39. The van der Waals surface area contributed by atoms with E-state index in [1.165, 1.54) is 24.8 Å². The van der Waals surface area contributed by atoms with E-state index in [-0.39, 0.29) is 6.03 Å². The highest BCUT2D eigenvalue weighted by atomic mass is 16.2. The molecule has 1 saturated heterocycles. The summed E-state index contributed by atoms with van der Waals surface area (Å²) in [7, 11) is 0. The predicted molar refractivity (Wildman–Crippen MR) is 151 cm³/mol. The number of rotatable bonds is 8. The molecule has 4 aromatic rings. The van der Waals surface area contributed by atoms with Crippen molar-refractivity contribution in [3.63, 3.8) is 0 Å². The molecule has 0 aliphatic carbocycles. The number of hydrogen-bond donors (Lipinski definition) is 1. The van der Waals surface area contributed by atoms with Crippen LogP contribution in [-0.2, 0) is 6.42 Å². The Morgan fingerprint density at radius 2 is 1.47 bits per heavy atom. The molecule has 1 fully saturated rings. The molecule has 1 aliphatic rings. The summed E-state index contributed by atoms with van der Waals surface area (Å²) in [6.07, 6.45) is 4.63. The summed E-state index contributed by atoms with van der Waals surface area (Å²) in [5.41, 5.74) is 3.22. The summed E-state index contributed by atoms with van der Waals surface area (Å²) in [6.45, 7) is 3.99. The molecule has 0 unspecified atom stereocenters. The molecule has 4 aromatic carbocycles. The van der Waals surface area contributed by atoms with Crippen LogP contribution in [0.1, 0.15) is 24.8 Å². The lowest BCUT2D eigenvalue weighted by molar-refractivity contribution is 0.183. The van der Waals surface area contributed by atoms with E-state index in [4.69, 9.17) is 0 Å². The highest BCUT2D eigenvalue weighted by Crippen LogP contribution is 2.25. The van der Waals surface area contributed by atoms with Gasteiger partial charge in [-0.25, -0.2) is 4.79 Å². The molecular weight excluding hydrogens is 442 g/mol. The van der Waals surface area contributed by atoms with Gasteiger partial charge in [0.1, 0.15) is 0 Å². The number of nitrogens with zero attached hydrogens (tertiary/aromatic N) is 2. The highest BCUT2D eigenvalue weighted by molar-refractivity contribution is 6.07. The van der Waals surface area contributed by atoms with E-state index in [2.05, 4.69) is 58.7 Å². The monoisotopic (exact) mass is 477 g/mol. The zero-order valence-corrected chi connectivity index (χ0v) is 20.9. The van der Waals surface area contributed by atoms with Gasteiger partial charge in [-0.05, 0) is 80.4 Å². The Labute approximate surface area is 214 Å². The molecule has 184 valence electrons. The lowest BCUT2D eigenvalue weighted by Gasteiger charge is -2.32. The van der Waals surface area contributed by atoms with Gasteiger partial charge in [0, 0.05) is 17.6 Å². The van der Waals surface area contributed by atoms with Crippen LogP contribution in [0.2, 0.25) is 0 Å². The quantitative estimate of drug-likeness (QED) is 0.291. The van der Waals surface area contributed by atoms with Crippen LogP contribution in [0.15, 0.2) is 103 Å². The van der Waals surface area contributed by atoms with Crippen LogP contribution in [0.5, 0.6) is 0 Å². The summed E-state index contributed by atoms with van der Waals surface area (Å²) >= 11 is 0. The standard InChI is InChI=1S/C32H35N3O/c36-32(33-31-18-9-14-28-13-7-8-17-30(28)31)35(29-15-5-2-6-16-29)22-10-21-34-23-19-27(20-24-34)25-26-11-3-1-4-12-26/h1-9,11-18,27H,10,19-25H2,(H,33,36). The van der Waals surface area contributed by atoms with Crippen molar-refractivity contribution < 1.29 is 4.79 Å². The molecule has 1 N–H and O–H groups in total. The number of para-hydroxylation sites is 1. The Bertz CT molecular complexity index is 1240. The van der Waals surface area contributed by atoms with Crippen molar-refractivity contribution in [2.24, 2.45) is 5.92 Å². The number of benzene rings is 4.